The van der Waals surface area contributed by atoms with Crippen LogP contribution in [0.15, 0.2) is 42.5 Å². The smallest absolute Gasteiger partial charge is 0.336 e. The Bertz CT molecular complexity index is 720. The van der Waals surface area contributed by atoms with Gasteiger partial charge in [0.05, 0.1) is 17.2 Å². The number of hydrogen-bond acceptors (Lipinski definition) is 3. The van der Waals surface area contributed by atoms with Crippen LogP contribution >= 0.6 is 11.6 Å². The number of halogens is 1. The fraction of sp³-hybridized carbons (Fsp3) is 0.167. The molecule has 23 heavy (non-hydrogen) atoms. The van der Waals surface area contributed by atoms with Crippen molar-refractivity contribution in [3.05, 3.63) is 58.6 Å². The van der Waals surface area contributed by atoms with Crippen molar-refractivity contribution in [2.75, 3.05) is 6.61 Å². The lowest BCUT2D eigenvalue weighted by atomic mass is 10.0. The van der Waals surface area contributed by atoms with Gasteiger partial charge in [0, 0.05) is 0 Å². The summed E-state index contributed by atoms with van der Waals surface area (Å²) in [4.78, 5) is 11.5. The number of phenolic OH excluding ortho intramolecular Hbond substituents is 1. The minimum absolute atomic E-state index is 0.0824. The second-order valence-corrected chi connectivity index (χ2v) is 5.36. The fourth-order valence-electron chi connectivity index (χ4n) is 2.01. The summed E-state index contributed by atoms with van der Waals surface area (Å²) in [6.45, 7) is 2.57. The van der Waals surface area contributed by atoms with Gasteiger partial charge in [0.1, 0.15) is 11.5 Å². The van der Waals surface area contributed by atoms with Crippen molar-refractivity contribution < 1.29 is 19.7 Å². The van der Waals surface area contributed by atoms with Crippen molar-refractivity contribution in [3.63, 3.8) is 0 Å². The third-order valence-electron chi connectivity index (χ3n) is 3.14. The Morgan fingerprint density at radius 1 is 1.22 bits per heavy atom. The molecule has 2 aromatic carbocycles. The SMILES string of the molecule is CCCOc1ccc(/C=C(\C(=O)O)c2ccc(O)cc2)cc1Cl. The Morgan fingerprint density at radius 3 is 2.48 bits per heavy atom. The third-order valence-corrected chi connectivity index (χ3v) is 3.43. The molecule has 0 unspecified atom stereocenters. The van der Waals surface area contributed by atoms with Gasteiger partial charge in [0.2, 0.25) is 0 Å². The topological polar surface area (TPSA) is 66.8 Å². The maximum absolute atomic E-state index is 11.5. The van der Waals surface area contributed by atoms with E-state index in [1.165, 1.54) is 18.2 Å². The molecule has 4 nitrogen and oxygen atoms in total. The third kappa shape index (κ3) is 4.50. The number of aromatic hydroxyl groups is 1. The van der Waals surface area contributed by atoms with Gasteiger partial charge in [0.15, 0.2) is 0 Å². The van der Waals surface area contributed by atoms with Crippen LogP contribution in [0.3, 0.4) is 0 Å². The van der Waals surface area contributed by atoms with Crippen molar-refractivity contribution in [2.24, 2.45) is 0 Å². The highest BCUT2D eigenvalue weighted by atomic mass is 35.5. The van der Waals surface area contributed by atoms with Gasteiger partial charge in [-0.25, -0.2) is 4.79 Å². The second-order valence-electron chi connectivity index (χ2n) is 4.95. The number of rotatable bonds is 6. The van der Waals surface area contributed by atoms with E-state index in [0.29, 0.717) is 28.5 Å². The predicted octanol–water partition coefficient (Wildman–Crippen LogP) is 4.46. The molecular formula is C18H17ClO4. The van der Waals surface area contributed by atoms with E-state index in [1.807, 2.05) is 6.92 Å². The molecule has 0 saturated heterocycles. The van der Waals surface area contributed by atoms with Crippen molar-refractivity contribution in [1.29, 1.82) is 0 Å². The maximum atomic E-state index is 11.5. The van der Waals surface area contributed by atoms with Gasteiger partial charge in [-0.15, -0.1) is 0 Å². The highest BCUT2D eigenvalue weighted by Crippen LogP contribution is 2.28. The summed E-state index contributed by atoms with van der Waals surface area (Å²) in [6.07, 6.45) is 2.41. The van der Waals surface area contributed by atoms with E-state index in [4.69, 9.17) is 16.3 Å². The monoisotopic (exact) mass is 332 g/mol. The molecule has 0 aromatic heterocycles. The van der Waals surface area contributed by atoms with Crippen LogP contribution in [0.2, 0.25) is 5.02 Å². The van der Waals surface area contributed by atoms with Gasteiger partial charge in [-0.2, -0.15) is 0 Å². The van der Waals surface area contributed by atoms with E-state index in [9.17, 15) is 15.0 Å². The Hall–Kier alpha value is -2.46. The van der Waals surface area contributed by atoms with Crippen molar-refractivity contribution in [3.8, 4) is 11.5 Å². The zero-order chi connectivity index (χ0) is 16.8. The number of carboxylic acid groups (broad SMARTS) is 1. The minimum atomic E-state index is -1.06. The molecule has 0 heterocycles. The number of hydrogen-bond donors (Lipinski definition) is 2. The Labute approximate surface area is 139 Å². The molecule has 5 heteroatoms. The Morgan fingerprint density at radius 2 is 1.91 bits per heavy atom. The molecular weight excluding hydrogens is 316 g/mol. The second kappa shape index (κ2) is 7.70. The van der Waals surface area contributed by atoms with Crippen LogP contribution in [-0.4, -0.2) is 22.8 Å². The molecule has 0 aliphatic heterocycles. The number of ether oxygens (including phenoxy) is 1. The molecule has 0 spiro atoms. The molecule has 0 radical (unpaired) electrons. The van der Waals surface area contributed by atoms with E-state index in [-0.39, 0.29) is 11.3 Å². The zero-order valence-corrected chi connectivity index (χ0v) is 13.4. The van der Waals surface area contributed by atoms with Gasteiger partial charge in [-0.1, -0.05) is 36.7 Å². The summed E-state index contributed by atoms with van der Waals surface area (Å²) in [5, 5.41) is 19.1. The van der Waals surface area contributed by atoms with Gasteiger partial charge < -0.3 is 14.9 Å². The van der Waals surface area contributed by atoms with E-state index >= 15 is 0 Å². The van der Waals surface area contributed by atoms with Crippen LogP contribution < -0.4 is 4.74 Å². The van der Waals surface area contributed by atoms with Crippen LogP contribution in [0.4, 0.5) is 0 Å². The number of phenols is 1. The van der Waals surface area contributed by atoms with Crippen LogP contribution in [0.1, 0.15) is 24.5 Å². The van der Waals surface area contributed by atoms with Crippen molar-refractivity contribution in [1.82, 2.24) is 0 Å². The lowest BCUT2D eigenvalue weighted by Crippen LogP contribution is -1.99. The first-order chi connectivity index (χ1) is 11.0. The van der Waals surface area contributed by atoms with E-state index in [2.05, 4.69) is 0 Å². The summed E-state index contributed by atoms with van der Waals surface area (Å²) in [5.41, 5.74) is 1.27. The lowest BCUT2D eigenvalue weighted by molar-refractivity contribution is -0.130. The summed E-state index contributed by atoms with van der Waals surface area (Å²) in [6, 6.07) is 11.1. The molecule has 0 bridgehead atoms. The lowest BCUT2D eigenvalue weighted by Gasteiger charge is -2.08. The van der Waals surface area contributed by atoms with Crippen LogP contribution in [-0.2, 0) is 4.79 Å². The van der Waals surface area contributed by atoms with Crippen molar-refractivity contribution >= 4 is 29.2 Å². The Kier molecular flexibility index (Phi) is 5.66. The van der Waals surface area contributed by atoms with Crippen LogP contribution in [0, 0.1) is 0 Å². The summed E-state index contributed by atoms with van der Waals surface area (Å²) in [7, 11) is 0. The van der Waals surface area contributed by atoms with Gasteiger partial charge >= 0.3 is 5.97 Å². The van der Waals surface area contributed by atoms with Crippen LogP contribution in [0.25, 0.3) is 11.6 Å². The minimum Gasteiger partial charge on any atom is -0.508 e. The molecule has 2 N–H and O–H groups in total. The van der Waals surface area contributed by atoms with E-state index < -0.39 is 5.97 Å². The zero-order valence-electron chi connectivity index (χ0n) is 12.6. The molecule has 0 saturated carbocycles. The number of benzene rings is 2. The van der Waals surface area contributed by atoms with Crippen LogP contribution in [0.5, 0.6) is 11.5 Å². The first-order valence-corrected chi connectivity index (χ1v) is 7.55. The largest absolute Gasteiger partial charge is 0.508 e. The molecule has 2 rings (SSSR count). The summed E-state index contributed by atoms with van der Waals surface area (Å²) < 4.78 is 5.49. The average Bonchev–Trinajstić information content (AvgIpc) is 2.52. The number of carboxylic acids is 1. The van der Waals surface area contributed by atoms with Gasteiger partial charge in [0.25, 0.3) is 0 Å². The molecule has 2 aromatic rings. The maximum Gasteiger partial charge on any atom is 0.336 e. The van der Waals surface area contributed by atoms with Crippen molar-refractivity contribution in [2.45, 2.75) is 13.3 Å². The standard InChI is InChI=1S/C18H17ClO4/c1-2-9-23-17-8-3-12(11-16(17)19)10-15(18(21)22)13-4-6-14(20)7-5-13/h3-8,10-11,20H,2,9H2,1H3,(H,21,22)/b15-10-. The molecule has 0 atom stereocenters. The molecule has 0 amide bonds. The average molecular weight is 333 g/mol. The van der Waals surface area contributed by atoms with Gasteiger partial charge in [-0.3, -0.25) is 0 Å². The fourth-order valence-corrected chi connectivity index (χ4v) is 2.26. The first-order valence-electron chi connectivity index (χ1n) is 7.18. The number of carbonyl (C=O) groups is 1. The first kappa shape index (κ1) is 16.9. The van der Waals surface area contributed by atoms with E-state index in [0.717, 1.165) is 6.42 Å². The quantitative estimate of drug-likeness (QED) is 0.605. The van der Waals surface area contributed by atoms with Gasteiger partial charge in [-0.05, 0) is 47.9 Å². The molecule has 120 valence electrons. The molecule has 0 aliphatic carbocycles. The molecule has 0 aliphatic rings. The highest BCUT2D eigenvalue weighted by molar-refractivity contribution is 6.32. The Balaban J connectivity index is 2.34. The molecule has 0 fully saturated rings. The summed E-state index contributed by atoms with van der Waals surface area (Å²) in [5.74, 6) is -0.399. The normalized spacial score (nSPS) is 11.3. The number of aliphatic carboxylic acids is 1. The summed E-state index contributed by atoms with van der Waals surface area (Å²) >= 11 is 6.16. The highest BCUT2D eigenvalue weighted by Gasteiger charge is 2.11. The van der Waals surface area contributed by atoms with E-state index in [1.54, 1.807) is 30.3 Å². The predicted molar refractivity (Wildman–Crippen MR) is 90.9 cm³/mol.